The van der Waals surface area contributed by atoms with Crippen molar-refractivity contribution in [1.82, 2.24) is 0 Å². The average molecular weight is 380 g/mol. The SMILES string of the molecule is Cc1ccc(F)c(C(O)c2cc(Br)sc2Br)c1. The average Bonchev–Trinajstić information content (AvgIpc) is 2.60. The molecule has 0 aliphatic heterocycles. The van der Waals surface area contributed by atoms with Crippen molar-refractivity contribution in [1.29, 1.82) is 0 Å². The molecule has 2 rings (SSSR count). The van der Waals surface area contributed by atoms with Gasteiger partial charge in [0.1, 0.15) is 11.9 Å². The van der Waals surface area contributed by atoms with Gasteiger partial charge in [-0.2, -0.15) is 0 Å². The highest BCUT2D eigenvalue weighted by molar-refractivity contribution is 9.12. The maximum Gasteiger partial charge on any atom is 0.129 e. The second kappa shape index (κ2) is 5.18. The third kappa shape index (κ3) is 2.78. The van der Waals surface area contributed by atoms with Crippen LogP contribution in [0.5, 0.6) is 0 Å². The number of benzene rings is 1. The number of hydrogen-bond donors (Lipinski definition) is 1. The Morgan fingerprint density at radius 1 is 1.24 bits per heavy atom. The van der Waals surface area contributed by atoms with Crippen LogP contribution in [0.3, 0.4) is 0 Å². The van der Waals surface area contributed by atoms with Crippen LogP contribution in [0.15, 0.2) is 31.8 Å². The summed E-state index contributed by atoms with van der Waals surface area (Å²) in [6.45, 7) is 1.87. The highest BCUT2D eigenvalue weighted by Crippen LogP contribution is 2.38. The van der Waals surface area contributed by atoms with Crippen molar-refractivity contribution in [3.8, 4) is 0 Å². The molecule has 0 saturated carbocycles. The Balaban J connectivity index is 2.46. The first-order chi connectivity index (χ1) is 7.99. The molecule has 2 aromatic rings. The minimum absolute atomic E-state index is 0.302. The Bertz CT molecular complexity index is 553. The topological polar surface area (TPSA) is 20.2 Å². The van der Waals surface area contributed by atoms with Crippen LogP contribution < -0.4 is 0 Å². The van der Waals surface area contributed by atoms with Crippen molar-refractivity contribution >= 4 is 43.2 Å². The number of aliphatic hydroxyl groups excluding tert-OH is 1. The van der Waals surface area contributed by atoms with Crippen molar-refractivity contribution in [3.63, 3.8) is 0 Å². The summed E-state index contributed by atoms with van der Waals surface area (Å²) in [5.41, 5.74) is 1.90. The van der Waals surface area contributed by atoms with E-state index in [1.165, 1.54) is 17.4 Å². The summed E-state index contributed by atoms with van der Waals surface area (Å²) < 4.78 is 15.4. The summed E-state index contributed by atoms with van der Waals surface area (Å²) in [5, 5.41) is 10.2. The van der Waals surface area contributed by atoms with Gasteiger partial charge in [0.25, 0.3) is 0 Å². The lowest BCUT2D eigenvalue weighted by Gasteiger charge is -2.12. The molecule has 1 N–H and O–H groups in total. The third-order valence-corrected chi connectivity index (χ3v) is 4.81. The van der Waals surface area contributed by atoms with Crippen LogP contribution in [0, 0.1) is 12.7 Å². The van der Waals surface area contributed by atoms with Crippen LogP contribution >= 0.6 is 43.2 Å². The molecule has 0 aliphatic carbocycles. The van der Waals surface area contributed by atoms with Gasteiger partial charge in [0.2, 0.25) is 0 Å². The summed E-state index contributed by atoms with van der Waals surface area (Å²) >= 11 is 8.16. The fourth-order valence-corrected chi connectivity index (χ4v) is 4.46. The second-order valence-electron chi connectivity index (χ2n) is 3.71. The van der Waals surface area contributed by atoms with E-state index in [2.05, 4.69) is 31.9 Å². The molecule has 1 atom stereocenters. The largest absolute Gasteiger partial charge is 0.383 e. The number of rotatable bonds is 2. The van der Waals surface area contributed by atoms with E-state index in [1.54, 1.807) is 18.2 Å². The Morgan fingerprint density at radius 3 is 2.53 bits per heavy atom. The molecule has 1 unspecified atom stereocenters. The van der Waals surface area contributed by atoms with E-state index in [0.29, 0.717) is 11.1 Å². The van der Waals surface area contributed by atoms with Crippen LogP contribution in [-0.2, 0) is 0 Å². The molecule has 0 amide bonds. The Hall–Kier alpha value is -0.230. The van der Waals surface area contributed by atoms with Crippen LogP contribution in [0.1, 0.15) is 22.8 Å². The molecule has 1 aromatic heterocycles. The van der Waals surface area contributed by atoms with Gasteiger partial charge in [-0.1, -0.05) is 17.7 Å². The van der Waals surface area contributed by atoms with E-state index in [0.717, 1.165) is 13.1 Å². The molecule has 0 saturated heterocycles. The molecule has 5 heteroatoms. The van der Waals surface area contributed by atoms with E-state index in [-0.39, 0.29) is 0 Å². The van der Waals surface area contributed by atoms with Crippen molar-refractivity contribution in [2.75, 3.05) is 0 Å². The minimum atomic E-state index is -0.952. The first-order valence-corrected chi connectivity index (χ1v) is 7.28. The number of halogens is 3. The van der Waals surface area contributed by atoms with Crippen LogP contribution in [0.25, 0.3) is 0 Å². The molecule has 0 spiro atoms. The number of hydrogen-bond acceptors (Lipinski definition) is 2. The van der Waals surface area contributed by atoms with Gasteiger partial charge in [-0.3, -0.25) is 0 Å². The van der Waals surface area contributed by atoms with Crippen LogP contribution in [0.4, 0.5) is 4.39 Å². The van der Waals surface area contributed by atoms with Gasteiger partial charge >= 0.3 is 0 Å². The van der Waals surface area contributed by atoms with Gasteiger partial charge in [-0.05, 0) is 50.9 Å². The third-order valence-electron chi connectivity index (χ3n) is 2.42. The van der Waals surface area contributed by atoms with Crippen LogP contribution in [-0.4, -0.2) is 5.11 Å². The van der Waals surface area contributed by atoms with Gasteiger partial charge in [0, 0.05) is 11.1 Å². The lowest BCUT2D eigenvalue weighted by Crippen LogP contribution is -2.02. The number of aliphatic hydroxyl groups is 1. The molecule has 0 radical (unpaired) electrons. The molecule has 0 aliphatic rings. The van der Waals surface area contributed by atoms with E-state index >= 15 is 0 Å². The first kappa shape index (κ1) is 13.2. The second-order valence-corrected chi connectivity index (χ2v) is 7.46. The molecule has 1 aromatic carbocycles. The predicted octanol–water partition coefficient (Wildman–Crippen LogP) is 4.80. The molecule has 0 fully saturated rings. The van der Waals surface area contributed by atoms with Crippen molar-refractivity contribution in [3.05, 3.63) is 54.3 Å². The molecule has 1 nitrogen and oxygen atoms in total. The van der Waals surface area contributed by atoms with Crippen molar-refractivity contribution in [2.24, 2.45) is 0 Å². The summed E-state index contributed by atoms with van der Waals surface area (Å²) in [6.07, 6.45) is -0.952. The molecule has 1 heterocycles. The zero-order valence-corrected chi connectivity index (χ0v) is 12.9. The summed E-state index contributed by atoms with van der Waals surface area (Å²) in [6, 6.07) is 6.52. The quantitative estimate of drug-likeness (QED) is 0.794. The normalized spacial score (nSPS) is 12.8. The van der Waals surface area contributed by atoms with Gasteiger partial charge in [0.05, 0.1) is 7.57 Å². The van der Waals surface area contributed by atoms with Crippen molar-refractivity contribution < 1.29 is 9.50 Å². The summed E-state index contributed by atoms with van der Waals surface area (Å²) in [7, 11) is 0. The first-order valence-electron chi connectivity index (χ1n) is 4.88. The number of aryl methyl sites for hydroxylation is 1. The zero-order chi connectivity index (χ0) is 12.6. The van der Waals surface area contributed by atoms with Gasteiger partial charge in [-0.15, -0.1) is 11.3 Å². The highest BCUT2D eigenvalue weighted by Gasteiger charge is 2.19. The van der Waals surface area contributed by atoms with E-state index in [4.69, 9.17) is 0 Å². The monoisotopic (exact) mass is 378 g/mol. The van der Waals surface area contributed by atoms with Gasteiger partial charge in [-0.25, -0.2) is 4.39 Å². The lowest BCUT2D eigenvalue weighted by molar-refractivity contribution is 0.214. The Kier molecular flexibility index (Phi) is 4.02. The molecule has 17 heavy (non-hydrogen) atoms. The van der Waals surface area contributed by atoms with Gasteiger partial charge < -0.3 is 5.11 Å². The van der Waals surface area contributed by atoms with E-state index in [1.807, 2.05) is 6.92 Å². The highest BCUT2D eigenvalue weighted by atomic mass is 79.9. The molecular formula is C12H9Br2FOS. The smallest absolute Gasteiger partial charge is 0.129 e. The predicted molar refractivity (Wildman–Crippen MR) is 74.9 cm³/mol. The van der Waals surface area contributed by atoms with E-state index in [9.17, 15) is 9.50 Å². The Morgan fingerprint density at radius 2 is 1.94 bits per heavy atom. The minimum Gasteiger partial charge on any atom is -0.383 e. The van der Waals surface area contributed by atoms with Gasteiger partial charge in [0.15, 0.2) is 0 Å². The summed E-state index contributed by atoms with van der Waals surface area (Å²) in [4.78, 5) is 0. The molecule has 90 valence electrons. The molecular weight excluding hydrogens is 371 g/mol. The summed E-state index contributed by atoms with van der Waals surface area (Å²) in [5.74, 6) is -0.391. The van der Waals surface area contributed by atoms with Crippen LogP contribution in [0.2, 0.25) is 0 Å². The zero-order valence-electron chi connectivity index (χ0n) is 8.88. The number of thiophene rings is 1. The maximum atomic E-state index is 13.7. The standard InChI is InChI=1S/C12H9Br2FOS/c1-6-2-3-9(15)7(4-6)11(16)8-5-10(13)17-12(8)14/h2-5,11,16H,1H3. The maximum absolute atomic E-state index is 13.7. The lowest BCUT2D eigenvalue weighted by atomic mass is 10.0. The fraction of sp³-hybridized carbons (Fsp3) is 0.167. The fourth-order valence-electron chi connectivity index (χ4n) is 1.58. The van der Waals surface area contributed by atoms with Crippen molar-refractivity contribution in [2.45, 2.75) is 13.0 Å². The van der Waals surface area contributed by atoms with E-state index < -0.39 is 11.9 Å². The molecule has 0 bridgehead atoms. The Labute approximate surface area is 120 Å².